The summed E-state index contributed by atoms with van der Waals surface area (Å²) in [5.74, 6) is 1.62. The number of unbranched alkanes of at least 4 members (excludes halogenated alkanes) is 32. The van der Waals surface area contributed by atoms with Gasteiger partial charge in [-0.05, 0) is 32.1 Å². The Kier molecular flexibility index (Phi) is 33.4. The van der Waals surface area contributed by atoms with Crippen LogP contribution in [0.15, 0.2) is 12.4 Å². The van der Waals surface area contributed by atoms with E-state index in [2.05, 4.69) is 42.3 Å². The molecule has 0 atom stereocenters. The van der Waals surface area contributed by atoms with Crippen molar-refractivity contribution >= 4 is 0 Å². The number of nitrogens with zero attached hydrogens (tertiary/aromatic N) is 2. The predicted molar refractivity (Wildman–Crippen MR) is 207 cm³/mol. The standard InChI is InChI=1S/C44H87N2/c1-4-7-10-13-16-18-20-21-22-23-24-25-27-29-32-35-38-41-46-43-42-45(40-37-34-31-15-12-9-6-3)44(46)39-36-33-30-28-26-19-17-14-11-8-5-2/h42-43H,4-41H2,1-3H3/q+1. The molecule has 0 N–H and O–H groups in total. The van der Waals surface area contributed by atoms with Crippen LogP contribution in [0.25, 0.3) is 0 Å². The molecule has 272 valence electrons. The topological polar surface area (TPSA) is 8.81 Å². The Hall–Kier alpha value is -0.790. The van der Waals surface area contributed by atoms with E-state index in [0.717, 1.165) is 0 Å². The van der Waals surface area contributed by atoms with Gasteiger partial charge in [-0.3, -0.25) is 0 Å². The van der Waals surface area contributed by atoms with Crippen LogP contribution in [0, 0.1) is 0 Å². The number of aryl methyl sites for hydroxylation is 2. The van der Waals surface area contributed by atoms with Gasteiger partial charge in [0.15, 0.2) is 0 Å². The van der Waals surface area contributed by atoms with Crippen LogP contribution in [0.2, 0.25) is 0 Å². The van der Waals surface area contributed by atoms with E-state index in [0.29, 0.717) is 0 Å². The first-order valence-electron chi connectivity index (χ1n) is 21.9. The van der Waals surface area contributed by atoms with Crippen molar-refractivity contribution in [2.75, 3.05) is 0 Å². The van der Waals surface area contributed by atoms with Gasteiger partial charge in [0.2, 0.25) is 0 Å². The molecule has 0 amide bonds. The van der Waals surface area contributed by atoms with Gasteiger partial charge in [0.25, 0.3) is 5.82 Å². The van der Waals surface area contributed by atoms with Gasteiger partial charge < -0.3 is 0 Å². The molecule has 0 unspecified atom stereocenters. The summed E-state index contributed by atoms with van der Waals surface area (Å²) in [5.41, 5.74) is 0. The van der Waals surface area contributed by atoms with E-state index < -0.39 is 0 Å². The molecular weight excluding hydrogens is 556 g/mol. The lowest BCUT2D eigenvalue weighted by atomic mass is 10.0. The molecule has 1 aromatic heterocycles. The summed E-state index contributed by atoms with van der Waals surface area (Å²) < 4.78 is 5.28. The summed E-state index contributed by atoms with van der Waals surface area (Å²) >= 11 is 0. The van der Waals surface area contributed by atoms with Crippen molar-refractivity contribution in [2.45, 2.75) is 265 Å². The summed E-state index contributed by atoms with van der Waals surface area (Å²) in [6, 6.07) is 0. The number of imidazole rings is 1. The van der Waals surface area contributed by atoms with E-state index in [1.54, 1.807) is 5.82 Å². The molecule has 0 aliphatic carbocycles. The molecule has 1 aromatic rings. The zero-order chi connectivity index (χ0) is 33.0. The fraction of sp³-hybridized carbons (Fsp3) is 0.932. The molecule has 0 saturated carbocycles. The van der Waals surface area contributed by atoms with Gasteiger partial charge in [0.05, 0.1) is 13.1 Å². The molecule has 0 aliphatic rings. The average molecular weight is 644 g/mol. The smallest absolute Gasteiger partial charge is 0.234 e. The minimum absolute atomic E-state index is 1.23. The summed E-state index contributed by atoms with van der Waals surface area (Å²) in [5, 5.41) is 0. The molecule has 2 nitrogen and oxygen atoms in total. The van der Waals surface area contributed by atoms with Crippen LogP contribution in [-0.2, 0) is 19.5 Å². The van der Waals surface area contributed by atoms with Crippen LogP contribution in [-0.4, -0.2) is 4.57 Å². The highest BCUT2D eigenvalue weighted by Crippen LogP contribution is 2.16. The van der Waals surface area contributed by atoms with Gasteiger partial charge in [-0.2, -0.15) is 0 Å². The van der Waals surface area contributed by atoms with Crippen molar-refractivity contribution in [3.05, 3.63) is 18.2 Å². The Labute approximate surface area is 291 Å². The highest BCUT2D eigenvalue weighted by atomic mass is 15.1. The Morgan fingerprint density at radius 1 is 0.370 bits per heavy atom. The molecule has 0 aromatic carbocycles. The van der Waals surface area contributed by atoms with Crippen molar-refractivity contribution in [3.8, 4) is 0 Å². The van der Waals surface area contributed by atoms with Crippen LogP contribution >= 0.6 is 0 Å². The zero-order valence-corrected chi connectivity index (χ0v) is 32.4. The molecule has 2 heteroatoms. The van der Waals surface area contributed by atoms with Gasteiger partial charge in [-0.15, -0.1) is 0 Å². The number of hydrogen-bond acceptors (Lipinski definition) is 0. The Balaban J connectivity index is 2.20. The number of aromatic nitrogens is 2. The fourth-order valence-electron chi connectivity index (χ4n) is 7.39. The maximum absolute atomic E-state index is 2.64. The van der Waals surface area contributed by atoms with Gasteiger partial charge in [0.1, 0.15) is 12.4 Å². The maximum Gasteiger partial charge on any atom is 0.256 e. The van der Waals surface area contributed by atoms with Crippen LogP contribution < -0.4 is 4.57 Å². The minimum atomic E-state index is 1.23. The Bertz CT molecular complexity index is 707. The normalized spacial score (nSPS) is 11.6. The van der Waals surface area contributed by atoms with E-state index in [9.17, 15) is 0 Å². The van der Waals surface area contributed by atoms with Gasteiger partial charge in [-0.25, -0.2) is 9.13 Å². The molecule has 0 spiro atoms. The first-order chi connectivity index (χ1) is 22.8. The highest BCUT2D eigenvalue weighted by Gasteiger charge is 2.16. The monoisotopic (exact) mass is 644 g/mol. The Morgan fingerprint density at radius 2 is 0.674 bits per heavy atom. The third-order valence-corrected chi connectivity index (χ3v) is 10.6. The first kappa shape index (κ1) is 43.2. The van der Waals surface area contributed by atoms with Gasteiger partial charge in [0, 0.05) is 6.42 Å². The van der Waals surface area contributed by atoms with E-state index >= 15 is 0 Å². The molecule has 1 heterocycles. The SMILES string of the molecule is CCCCCCCCCCCCCCCCCCCn1cc[n+](CCCCCCCCC)c1CCCCCCCCCCCCC. The van der Waals surface area contributed by atoms with Crippen LogP contribution in [0.4, 0.5) is 0 Å². The molecule has 0 radical (unpaired) electrons. The van der Waals surface area contributed by atoms with Crippen molar-refractivity contribution in [1.82, 2.24) is 4.57 Å². The summed E-state index contributed by atoms with van der Waals surface area (Å²) in [4.78, 5) is 0. The fourth-order valence-corrected chi connectivity index (χ4v) is 7.39. The Morgan fingerprint density at radius 3 is 1.04 bits per heavy atom. The maximum atomic E-state index is 2.64. The molecule has 46 heavy (non-hydrogen) atoms. The third-order valence-electron chi connectivity index (χ3n) is 10.6. The predicted octanol–water partition coefficient (Wildman–Crippen LogP) is 15.0. The lowest BCUT2D eigenvalue weighted by molar-refractivity contribution is -0.704. The van der Waals surface area contributed by atoms with Crippen molar-refractivity contribution in [1.29, 1.82) is 0 Å². The van der Waals surface area contributed by atoms with Gasteiger partial charge >= 0.3 is 0 Å². The summed E-state index contributed by atoms with van der Waals surface area (Å²) in [6.45, 7) is 9.41. The number of hydrogen-bond donors (Lipinski definition) is 0. The quantitative estimate of drug-likeness (QED) is 0.0501. The summed E-state index contributed by atoms with van der Waals surface area (Å²) in [7, 11) is 0. The molecule has 1 rings (SSSR count). The van der Waals surface area contributed by atoms with E-state index in [-0.39, 0.29) is 0 Å². The lowest BCUT2D eigenvalue weighted by Crippen LogP contribution is -2.37. The molecule has 0 bridgehead atoms. The summed E-state index contributed by atoms with van der Waals surface area (Å²) in [6.07, 6.45) is 56.4. The van der Waals surface area contributed by atoms with E-state index in [1.165, 1.54) is 244 Å². The lowest BCUT2D eigenvalue weighted by Gasteiger charge is -2.07. The van der Waals surface area contributed by atoms with E-state index in [1.807, 2.05) is 0 Å². The van der Waals surface area contributed by atoms with Crippen LogP contribution in [0.1, 0.15) is 251 Å². The second-order valence-corrected chi connectivity index (χ2v) is 15.2. The molecule has 0 saturated heterocycles. The van der Waals surface area contributed by atoms with Gasteiger partial charge in [-0.1, -0.05) is 213 Å². The third kappa shape index (κ3) is 27.2. The first-order valence-corrected chi connectivity index (χ1v) is 21.9. The van der Waals surface area contributed by atoms with Crippen LogP contribution in [0.5, 0.6) is 0 Å². The van der Waals surface area contributed by atoms with Crippen molar-refractivity contribution < 1.29 is 4.57 Å². The molecular formula is C44H87N2+. The second kappa shape index (κ2) is 35.5. The van der Waals surface area contributed by atoms with Crippen molar-refractivity contribution in [3.63, 3.8) is 0 Å². The molecule has 0 aliphatic heterocycles. The molecule has 0 fully saturated rings. The van der Waals surface area contributed by atoms with E-state index in [4.69, 9.17) is 0 Å². The largest absolute Gasteiger partial charge is 0.256 e. The highest BCUT2D eigenvalue weighted by molar-refractivity contribution is 4.84. The minimum Gasteiger partial charge on any atom is -0.234 e. The number of rotatable bonds is 38. The van der Waals surface area contributed by atoms with Crippen molar-refractivity contribution in [2.24, 2.45) is 0 Å². The van der Waals surface area contributed by atoms with Crippen LogP contribution in [0.3, 0.4) is 0 Å². The zero-order valence-electron chi connectivity index (χ0n) is 32.4. The second-order valence-electron chi connectivity index (χ2n) is 15.2. The average Bonchev–Trinajstić information content (AvgIpc) is 3.45.